The molecule has 1 saturated carbocycles. The van der Waals surface area contributed by atoms with E-state index in [9.17, 15) is 9.59 Å². The summed E-state index contributed by atoms with van der Waals surface area (Å²) in [6, 6.07) is 0. The summed E-state index contributed by atoms with van der Waals surface area (Å²) < 4.78 is 0. The van der Waals surface area contributed by atoms with Crippen LogP contribution in [-0.4, -0.2) is 60.9 Å². The van der Waals surface area contributed by atoms with E-state index >= 15 is 0 Å². The van der Waals surface area contributed by atoms with E-state index in [0.717, 1.165) is 31.2 Å². The number of halogens is 1. The van der Waals surface area contributed by atoms with Crippen LogP contribution in [-0.2, 0) is 9.59 Å². The Morgan fingerprint density at radius 1 is 1.24 bits per heavy atom. The Balaban J connectivity index is 0.00000225. The minimum Gasteiger partial charge on any atom is -0.357 e. The van der Waals surface area contributed by atoms with Crippen molar-refractivity contribution in [1.82, 2.24) is 15.5 Å². The van der Waals surface area contributed by atoms with E-state index in [1.165, 1.54) is 4.90 Å². The zero-order chi connectivity index (χ0) is 17.1. The third-order valence-corrected chi connectivity index (χ3v) is 5.69. The first kappa shape index (κ1) is 20.5. The van der Waals surface area contributed by atoms with Gasteiger partial charge in [0.2, 0.25) is 11.8 Å². The summed E-state index contributed by atoms with van der Waals surface area (Å²) in [5, 5.41) is 6.40. The van der Waals surface area contributed by atoms with Gasteiger partial charge in [-0.1, -0.05) is 12.2 Å². The van der Waals surface area contributed by atoms with E-state index in [2.05, 4.69) is 34.0 Å². The predicted octanol–water partition coefficient (Wildman–Crippen LogP) is 1.33. The number of allylic oxidation sites excluding steroid dienone is 2. The largest absolute Gasteiger partial charge is 0.357 e. The molecule has 0 aromatic carbocycles. The minimum atomic E-state index is -0.101. The Bertz CT molecular complexity index is 539. The molecule has 8 heteroatoms. The second-order valence-corrected chi connectivity index (χ2v) is 7.49. The van der Waals surface area contributed by atoms with Gasteiger partial charge >= 0.3 is 0 Å². The number of hydrogen-bond acceptors (Lipinski definition) is 4. The van der Waals surface area contributed by atoms with Crippen LogP contribution in [0.4, 0.5) is 0 Å². The first-order valence-electron chi connectivity index (χ1n) is 8.72. The van der Waals surface area contributed by atoms with Gasteiger partial charge in [-0.2, -0.15) is 11.8 Å². The number of carbonyl (C=O) groups excluding carboxylic acids is 2. The molecule has 25 heavy (non-hydrogen) atoms. The molecule has 2 aliphatic carbocycles. The zero-order valence-electron chi connectivity index (χ0n) is 14.7. The van der Waals surface area contributed by atoms with Crippen molar-refractivity contribution >= 4 is 53.5 Å². The van der Waals surface area contributed by atoms with Crippen molar-refractivity contribution in [2.45, 2.75) is 13.3 Å². The first-order valence-corrected chi connectivity index (χ1v) is 10.1. The van der Waals surface area contributed by atoms with Crippen molar-refractivity contribution in [3.05, 3.63) is 12.2 Å². The number of guanidine groups is 1. The van der Waals surface area contributed by atoms with Crippen LogP contribution in [0.25, 0.3) is 0 Å². The molecule has 0 spiro atoms. The molecule has 1 saturated heterocycles. The molecule has 6 nitrogen and oxygen atoms in total. The van der Waals surface area contributed by atoms with Gasteiger partial charge in [-0.3, -0.25) is 19.5 Å². The second-order valence-electron chi connectivity index (χ2n) is 6.51. The molecule has 2 amide bonds. The number of hydrogen-bond donors (Lipinski definition) is 2. The summed E-state index contributed by atoms with van der Waals surface area (Å²) in [5.41, 5.74) is 0. The van der Waals surface area contributed by atoms with E-state index in [4.69, 9.17) is 0 Å². The molecule has 4 unspecified atom stereocenters. The Labute approximate surface area is 170 Å². The van der Waals surface area contributed by atoms with E-state index in [0.29, 0.717) is 13.1 Å². The number of imide groups is 1. The number of rotatable bonds is 7. The maximum absolute atomic E-state index is 12.6. The molecular weight excluding hydrogens is 451 g/mol. The van der Waals surface area contributed by atoms with Gasteiger partial charge in [-0.05, 0) is 31.4 Å². The van der Waals surface area contributed by atoms with E-state index in [1.54, 1.807) is 11.8 Å². The second kappa shape index (κ2) is 9.25. The maximum atomic E-state index is 12.6. The topological polar surface area (TPSA) is 73.8 Å². The van der Waals surface area contributed by atoms with Crippen molar-refractivity contribution < 1.29 is 9.59 Å². The quantitative estimate of drug-likeness (QED) is 0.144. The van der Waals surface area contributed by atoms with Gasteiger partial charge < -0.3 is 10.6 Å². The molecule has 2 bridgehead atoms. The summed E-state index contributed by atoms with van der Waals surface area (Å²) in [6.07, 6.45) is 7.28. The number of amides is 2. The fourth-order valence-corrected chi connectivity index (χ4v) is 4.33. The summed E-state index contributed by atoms with van der Waals surface area (Å²) in [4.78, 5) is 31.1. The maximum Gasteiger partial charge on any atom is 0.233 e. The van der Waals surface area contributed by atoms with Crippen LogP contribution in [0.15, 0.2) is 17.1 Å². The van der Waals surface area contributed by atoms with Gasteiger partial charge in [0.05, 0.1) is 18.4 Å². The lowest BCUT2D eigenvalue weighted by Crippen LogP contribution is -2.43. The van der Waals surface area contributed by atoms with Gasteiger partial charge in [-0.15, -0.1) is 24.0 Å². The number of aliphatic imine (C=N–C) groups is 1. The molecule has 1 aliphatic heterocycles. The van der Waals surface area contributed by atoms with Crippen LogP contribution in [0.3, 0.4) is 0 Å². The molecule has 0 aromatic heterocycles. The van der Waals surface area contributed by atoms with Crippen molar-refractivity contribution in [3.63, 3.8) is 0 Å². The standard InChI is InChI=1S/C17H26N4O2S.HI/c1-3-18-17(20-7-9-24-2)19-6-8-21-15(22)13-11-4-5-12(10-11)14(13)16(21)23;/h4-5,11-14H,3,6-10H2,1-2H3,(H2,18,19,20);1H. The van der Waals surface area contributed by atoms with Crippen LogP contribution in [0, 0.1) is 23.7 Å². The highest BCUT2D eigenvalue weighted by Crippen LogP contribution is 2.52. The van der Waals surface area contributed by atoms with E-state index in [1.807, 2.05) is 6.92 Å². The Morgan fingerprint density at radius 2 is 1.88 bits per heavy atom. The molecule has 3 aliphatic rings. The average molecular weight is 478 g/mol. The fourth-order valence-electron chi connectivity index (χ4n) is 4.06. The van der Waals surface area contributed by atoms with Crippen LogP contribution in [0.5, 0.6) is 0 Å². The summed E-state index contributed by atoms with van der Waals surface area (Å²) in [7, 11) is 0. The third kappa shape index (κ3) is 4.15. The lowest BCUT2D eigenvalue weighted by molar-refractivity contribution is -0.140. The number of thioether (sulfide) groups is 1. The van der Waals surface area contributed by atoms with Crippen LogP contribution in [0.1, 0.15) is 13.3 Å². The van der Waals surface area contributed by atoms with Gasteiger partial charge in [0, 0.05) is 25.4 Å². The van der Waals surface area contributed by atoms with E-state index < -0.39 is 0 Å². The average Bonchev–Trinajstić information content (AvgIpc) is 3.24. The molecule has 4 atom stereocenters. The smallest absolute Gasteiger partial charge is 0.233 e. The van der Waals surface area contributed by atoms with Crippen molar-refractivity contribution in [2.24, 2.45) is 28.7 Å². The van der Waals surface area contributed by atoms with Gasteiger partial charge in [-0.25, -0.2) is 0 Å². The molecule has 1 heterocycles. The Kier molecular flexibility index (Phi) is 7.60. The van der Waals surface area contributed by atoms with Gasteiger partial charge in [0.25, 0.3) is 0 Å². The third-order valence-electron chi connectivity index (χ3n) is 5.10. The van der Waals surface area contributed by atoms with Crippen molar-refractivity contribution in [3.8, 4) is 0 Å². The van der Waals surface area contributed by atoms with Crippen LogP contribution in [0.2, 0.25) is 0 Å². The molecule has 0 radical (unpaired) electrons. The summed E-state index contributed by atoms with van der Waals surface area (Å²) in [5.74, 6) is 2.11. The summed E-state index contributed by atoms with van der Waals surface area (Å²) in [6.45, 7) is 4.49. The number of carbonyl (C=O) groups is 2. The summed E-state index contributed by atoms with van der Waals surface area (Å²) >= 11 is 1.76. The van der Waals surface area contributed by atoms with Gasteiger partial charge in [0.1, 0.15) is 0 Å². The molecule has 3 rings (SSSR count). The number of nitrogens with zero attached hydrogens (tertiary/aromatic N) is 2. The van der Waals surface area contributed by atoms with Crippen LogP contribution < -0.4 is 10.6 Å². The van der Waals surface area contributed by atoms with E-state index in [-0.39, 0.29) is 59.5 Å². The predicted molar refractivity (Wildman–Crippen MR) is 112 cm³/mol. The highest BCUT2D eigenvalue weighted by atomic mass is 127. The van der Waals surface area contributed by atoms with Crippen molar-refractivity contribution in [2.75, 3.05) is 38.2 Å². The molecule has 2 fully saturated rings. The fraction of sp³-hybridized carbons (Fsp3) is 0.706. The molecule has 140 valence electrons. The Hall–Kier alpha value is -0.770. The minimum absolute atomic E-state index is 0. The SMILES string of the molecule is CCNC(=NCCSC)NCCN1C(=O)C2C3C=CC(C3)C2C1=O.I. The van der Waals surface area contributed by atoms with Crippen LogP contribution >= 0.6 is 35.7 Å². The molecule has 2 N–H and O–H groups in total. The monoisotopic (exact) mass is 478 g/mol. The number of fused-ring (bicyclic) bond motifs is 5. The molecule has 0 aromatic rings. The molecular formula is C17H27IN4O2S. The first-order chi connectivity index (χ1) is 11.7. The lowest BCUT2D eigenvalue weighted by Gasteiger charge is -2.18. The normalized spacial score (nSPS) is 29.8. The van der Waals surface area contributed by atoms with Gasteiger partial charge in [0.15, 0.2) is 5.96 Å². The zero-order valence-corrected chi connectivity index (χ0v) is 17.9. The lowest BCUT2D eigenvalue weighted by atomic mass is 9.85. The number of nitrogens with one attached hydrogen (secondary N) is 2. The van der Waals surface area contributed by atoms with Crippen molar-refractivity contribution in [1.29, 1.82) is 0 Å². The number of likely N-dealkylation sites (tertiary alicyclic amines) is 1. The highest BCUT2D eigenvalue weighted by molar-refractivity contribution is 14.0. The Morgan fingerprint density at radius 3 is 2.44 bits per heavy atom. The highest BCUT2D eigenvalue weighted by Gasteiger charge is 2.58.